The van der Waals surface area contributed by atoms with Gasteiger partial charge in [0.15, 0.2) is 0 Å². The second-order valence-electron chi connectivity index (χ2n) is 4.51. The van der Waals surface area contributed by atoms with Gasteiger partial charge in [0.05, 0.1) is 0 Å². The van der Waals surface area contributed by atoms with Crippen molar-refractivity contribution in [3.05, 3.63) is 39.3 Å². The number of pyridine rings is 2. The van der Waals surface area contributed by atoms with Crippen LogP contribution in [0.15, 0.2) is 16.9 Å². The van der Waals surface area contributed by atoms with Crippen LogP contribution in [0.4, 0.5) is 0 Å². The highest BCUT2D eigenvalue weighted by Crippen LogP contribution is 2.20. The van der Waals surface area contributed by atoms with Gasteiger partial charge < -0.3 is 0 Å². The lowest BCUT2D eigenvalue weighted by Gasteiger charge is -2.13. The molecule has 2 aromatic rings. The fourth-order valence-electron chi connectivity index (χ4n) is 2.14. The molecule has 0 amide bonds. The Morgan fingerprint density at radius 1 is 1.18 bits per heavy atom. The Kier molecular flexibility index (Phi) is 3.01. The fourth-order valence-corrected chi connectivity index (χ4v) is 2.14. The van der Waals surface area contributed by atoms with Crippen molar-refractivity contribution >= 4 is 11.0 Å². The van der Waals surface area contributed by atoms with E-state index in [-0.39, 0.29) is 5.56 Å². The lowest BCUT2D eigenvalue weighted by molar-refractivity contribution is 0.671. The van der Waals surface area contributed by atoms with Crippen molar-refractivity contribution in [3.63, 3.8) is 0 Å². The van der Waals surface area contributed by atoms with Crippen LogP contribution in [0.25, 0.3) is 11.0 Å². The standard InChI is InChI=1S/C14H18N2O/c1-5-8-16-13(17)7-6-12-10(3)9(2)11(4)15-14(12)16/h6-7H,5,8H2,1-4H3. The summed E-state index contributed by atoms with van der Waals surface area (Å²) in [5.41, 5.74) is 4.29. The van der Waals surface area contributed by atoms with Gasteiger partial charge in [-0.05, 0) is 44.4 Å². The highest BCUT2D eigenvalue weighted by atomic mass is 16.1. The van der Waals surface area contributed by atoms with Gasteiger partial charge in [-0.15, -0.1) is 0 Å². The topological polar surface area (TPSA) is 34.9 Å². The Morgan fingerprint density at radius 2 is 1.88 bits per heavy atom. The SMILES string of the molecule is CCCn1c(=O)ccc2c(C)c(C)c(C)nc21. The Bertz CT molecular complexity index is 626. The van der Waals surface area contributed by atoms with Crippen LogP contribution >= 0.6 is 0 Å². The summed E-state index contributed by atoms with van der Waals surface area (Å²) in [5, 5.41) is 1.08. The second kappa shape index (κ2) is 4.32. The number of nitrogens with zero attached hydrogens (tertiary/aromatic N) is 2. The Labute approximate surface area is 101 Å². The first-order valence-electron chi connectivity index (χ1n) is 6.03. The molecule has 0 fully saturated rings. The van der Waals surface area contributed by atoms with E-state index in [0.29, 0.717) is 0 Å². The van der Waals surface area contributed by atoms with Crippen molar-refractivity contribution in [3.8, 4) is 0 Å². The van der Waals surface area contributed by atoms with Crippen LogP contribution in [0.2, 0.25) is 0 Å². The van der Waals surface area contributed by atoms with E-state index in [4.69, 9.17) is 0 Å². The third kappa shape index (κ3) is 1.86. The van der Waals surface area contributed by atoms with Crippen molar-refractivity contribution in [2.45, 2.75) is 40.7 Å². The molecule has 0 saturated heterocycles. The van der Waals surface area contributed by atoms with E-state index in [1.807, 2.05) is 13.0 Å². The number of rotatable bonds is 2. The van der Waals surface area contributed by atoms with Gasteiger partial charge in [-0.1, -0.05) is 6.92 Å². The molecule has 0 aromatic carbocycles. The molecule has 0 unspecified atom stereocenters. The first-order chi connectivity index (χ1) is 8.06. The molecule has 0 saturated carbocycles. The zero-order valence-electron chi connectivity index (χ0n) is 10.9. The Balaban J connectivity index is 2.90. The van der Waals surface area contributed by atoms with E-state index < -0.39 is 0 Å². The number of aryl methyl sites for hydroxylation is 3. The molecular formula is C14H18N2O. The van der Waals surface area contributed by atoms with E-state index >= 15 is 0 Å². The molecule has 0 atom stereocenters. The Hall–Kier alpha value is -1.64. The molecule has 3 heteroatoms. The molecule has 2 rings (SSSR count). The van der Waals surface area contributed by atoms with Crippen molar-refractivity contribution < 1.29 is 0 Å². The van der Waals surface area contributed by atoms with Gasteiger partial charge in [0.25, 0.3) is 5.56 Å². The minimum absolute atomic E-state index is 0.0366. The molecule has 0 spiro atoms. The molecule has 3 nitrogen and oxygen atoms in total. The maximum atomic E-state index is 11.9. The fraction of sp³-hybridized carbons (Fsp3) is 0.429. The molecule has 0 bridgehead atoms. The van der Waals surface area contributed by atoms with Crippen molar-refractivity contribution in [1.29, 1.82) is 0 Å². The largest absolute Gasteiger partial charge is 0.293 e. The van der Waals surface area contributed by atoms with E-state index in [1.165, 1.54) is 11.1 Å². The minimum atomic E-state index is 0.0366. The smallest absolute Gasteiger partial charge is 0.252 e. The van der Waals surface area contributed by atoms with Crippen LogP contribution < -0.4 is 5.56 Å². The highest BCUT2D eigenvalue weighted by Gasteiger charge is 2.09. The summed E-state index contributed by atoms with van der Waals surface area (Å²) in [4.78, 5) is 16.4. The van der Waals surface area contributed by atoms with Crippen LogP contribution in [-0.4, -0.2) is 9.55 Å². The number of hydrogen-bond donors (Lipinski definition) is 0. The lowest BCUT2D eigenvalue weighted by Crippen LogP contribution is -2.20. The van der Waals surface area contributed by atoms with Gasteiger partial charge in [-0.2, -0.15) is 0 Å². The third-order valence-corrected chi connectivity index (χ3v) is 3.39. The maximum absolute atomic E-state index is 11.9. The summed E-state index contributed by atoms with van der Waals surface area (Å²) >= 11 is 0. The number of aromatic nitrogens is 2. The average Bonchev–Trinajstić information content (AvgIpc) is 2.30. The first-order valence-corrected chi connectivity index (χ1v) is 6.03. The van der Waals surface area contributed by atoms with Crippen LogP contribution in [0.5, 0.6) is 0 Å². The highest BCUT2D eigenvalue weighted by molar-refractivity contribution is 5.80. The number of fused-ring (bicyclic) bond motifs is 1. The van der Waals surface area contributed by atoms with E-state index in [1.54, 1.807) is 10.6 Å². The monoisotopic (exact) mass is 230 g/mol. The predicted molar refractivity (Wildman–Crippen MR) is 70.5 cm³/mol. The molecule has 0 radical (unpaired) electrons. The van der Waals surface area contributed by atoms with Gasteiger partial charge in [-0.3, -0.25) is 9.36 Å². The van der Waals surface area contributed by atoms with Crippen LogP contribution in [0, 0.1) is 20.8 Å². The molecule has 0 aliphatic heterocycles. The summed E-state index contributed by atoms with van der Waals surface area (Å²) in [6.07, 6.45) is 0.937. The summed E-state index contributed by atoms with van der Waals surface area (Å²) in [6.45, 7) is 8.96. The maximum Gasteiger partial charge on any atom is 0.252 e. The second-order valence-corrected chi connectivity index (χ2v) is 4.51. The van der Waals surface area contributed by atoms with Gasteiger partial charge in [-0.25, -0.2) is 4.98 Å². The molecule has 0 aliphatic carbocycles. The molecule has 2 heterocycles. The normalized spacial score (nSPS) is 11.1. The summed E-state index contributed by atoms with van der Waals surface area (Å²) < 4.78 is 1.77. The predicted octanol–water partition coefficient (Wildman–Crippen LogP) is 2.73. The van der Waals surface area contributed by atoms with Gasteiger partial charge in [0, 0.05) is 23.7 Å². The van der Waals surface area contributed by atoms with Gasteiger partial charge in [0.2, 0.25) is 0 Å². The zero-order valence-corrected chi connectivity index (χ0v) is 10.9. The van der Waals surface area contributed by atoms with Crippen molar-refractivity contribution in [2.24, 2.45) is 0 Å². The first kappa shape index (κ1) is 11.8. The average molecular weight is 230 g/mol. The van der Waals surface area contributed by atoms with E-state index in [0.717, 1.165) is 29.7 Å². The van der Waals surface area contributed by atoms with Crippen LogP contribution in [-0.2, 0) is 6.54 Å². The quantitative estimate of drug-likeness (QED) is 0.795. The third-order valence-electron chi connectivity index (χ3n) is 3.39. The van der Waals surface area contributed by atoms with Crippen LogP contribution in [0.3, 0.4) is 0 Å². The molecule has 0 N–H and O–H groups in total. The van der Waals surface area contributed by atoms with Gasteiger partial charge >= 0.3 is 0 Å². The summed E-state index contributed by atoms with van der Waals surface area (Å²) in [7, 11) is 0. The lowest BCUT2D eigenvalue weighted by atomic mass is 10.1. The summed E-state index contributed by atoms with van der Waals surface area (Å²) in [6, 6.07) is 3.53. The van der Waals surface area contributed by atoms with Gasteiger partial charge in [0.1, 0.15) is 5.65 Å². The molecule has 17 heavy (non-hydrogen) atoms. The van der Waals surface area contributed by atoms with Crippen molar-refractivity contribution in [2.75, 3.05) is 0 Å². The number of hydrogen-bond acceptors (Lipinski definition) is 2. The summed E-state index contributed by atoms with van der Waals surface area (Å²) in [5.74, 6) is 0. The van der Waals surface area contributed by atoms with Crippen LogP contribution in [0.1, 0.15) is 30.2 Å². The molecule has 2 aromatic heterocycles. The minimum Gasteiger partial charge on any atom is -0.293 e. The molecular weight excluding hydrogens is 212 g/mol. The molecule has 90 valence electrons. The van der Waals surface area contributed by atoms with E-state index in [2.05, 4.69) is 25.8 Å². The van der Waals surface area contributed by atoms with E-state index in [9.17, 15) is 4.79 Å². The Morgan fingerprint density at radius 3 is 2.53 bits per heavy atom. The van der Waals surface area contributed by atoms with Crippen molar-refractivity contribution in [1.82, 2.24) is 9.55 Å². The molecule has 0 aliphatic rings. The zero-order chi connectivity index (χ0) is 12.6.